The Hall–Kier alpha value is -3.33. The first-order chi connectivity index (χ1) is 13.7. The third kappa shape index (κ3) is 2.71. The Labute approximate surface area is 165 Å². The summed E-state index contributed by atoms with van der Waals surface area (Å²) in [5, 5.41) is 8.57. The Balaban J connectivity index is 1.59. The van der Waals surface area contributed by atoms with Gasteiger partial charge in [0.25, 0.3) is 0 Å². The Morgan fingerprint density at radius 1 is 0.786 bits per heavy atom. The van der Waals surface area contributed by atoms with Crippen molar-refractivity contribution in [2.45, 2.75) is 20.3 Å². The molecule has 28 heavy (non-hydrogen) atoms. The molecule has 0 bridgehead atoms. The standard InChI is InChI=1S/C25H23N3/c1-17-7-6-10-23(18(17)2)28-25-22(15-16-26-25)24(27-28)21-13-11-20(12-14-21)19-8-4-3-5-9-19/h3-14,26H,15-16H2,1-2H3. The molecule has 0 saturated carbocycles. The van der Waals surface area contributed by atoms with E-state index in [1.54, 1.807) is 0 Å². The number of fused-ring (bicyclic) bond motifs is 1. The van der Waals surface area contributed by atoms with Gasteiger partial charge in [0, 0.05) is 17.7 Å². The SMILES string of the molecule is Cc1cccc(-n2nc(-c3ccc(-c4ccccc4)cc3)c3c2NCC3)c1C. The monoisotopic (exact) mass is 365 g/mol. The lowest BCUT2D eigenvalue weighted by atomic mass is 10.0. The van der Waals surface area contributed by atoms with E-state index in [1.165, 1.54) is 33.4 Å². The van der Waals surface area contributed by atoms with Crippen LogP contribution in [0.15, 0.2) is 72.8 Å². The average Bonchev–Trinajstić information content (AvgIpc) is 3.34. The molecule has 3 aromatic carbocycles. The maximum atomic E-state index is 5.03. The summed E-state index contributed by atoms with van der Waals surface area (Å²) in [5.74, 6) is 1.14. The first-order valence-electron chi connectivity index (χ1n) is 9.80. The topological polar surface area (TPSA) is 29.9 Å². The van der Waals surface area contributed by atoms with Gasteiger partial charge in [0.05, 0.1) is 11.4 Å². The van der Waals surface area contributed by atoms with Crippen LogP contribution in [0, 0.1) is 13.8 Å². The second kappa shape index (κ2) is 6.68. The molecule has 0 fully saturated rings. The summed E-state index contributed by atoms with van der Waals surface area (Å²) < 4.78 is 2.09. The number of nitrogens with zero attached hydrogens (tertiary/aromatic N) is 2. The van der Waals surface area contributed by atoms with Crippen molar-refractivity contribution in [1.29, 1.82) is 0 Å². The molecule has 3 heteroatoms. The molecular formula is C25H23N3. The largest absolute Gasteiger partial charge is 0.369 e. The van der Waals surface area contributed by atoms with Crippen LogP contribution in [0.3, 0.4) is 0 Å². The molecule has 1 aliphatic heterocycles. The molecule has 3 nitrogen and oxygen atoms in total. The van der Waals surface area contributed by atoms with E-state index in [0.717, 1.165) is 30.2 Å². The number of hydrogen-bond donors (Lipinski definition) is 1. The molecular weight excluding hydrogens is 342 g/mol. The van der Waals surface area contributed by atoms with E-state index < -0.39 is 0 Å². The molecule has 0 spiro atoms. The van der Waals surface area contributed by atoms with E-state index in [4.69, 9.17) is 5.10 Å². The first kappa shape index (κ1) is 16.8. The molecule has 4 aromatic rings. The highest BCUT2D eigenvalue weighted by atomic mass is 15.3. The Kier molecular flexibility index (Phi) is 4.01. The molecule has 0 saturated heterocycles. The molecule has 1 aliphatic rings. The minimum absolute atomic E-state index is 0.965. The third-order valence-corrected chi connectivity index (χ3v) is 5.72. The lowest BCUT2D eigenvalue weighted by molar-refractivity contribution is 0.873. The molecule has 1 N–H and O–H groups in total. The van der Waals surface area contributed by atoms with Gasteiger partial charge in [0.15, 0.2) is 0 Å². The highest BCUT2D eigenvalue weighted by molar-refractivity contribution is 5.75. The number of anilines is 1. The summed E-state index contributed by atoms with van der Waals surface area (Å²) >= 11 is 0. The van der Waals surface area contributed by atoms with E-state index in [-0.39, 0.29) is 0 Å². The summed E-state index contributed by atoms with van der Waals surface area (Å²) in [6.45, 7) is 5.29. The van der Waals surface area contributed by atoms with Crippen LogP contribution >= 0.6 is 0 Å². The Morgan fingerprint density at radius 2 is 1.50 bits per heavy atom. The fourth-order valence-corrected chi connectivity index (χ4v) is 4.00. The summed E-state index contributed by atoms with van der Waals surface area (Å²) in [4.78, 5) is 0. The number of aromatic nitrogens is 2. The van der Waals surface area contributed by atoms with E-state index in [0.29, 0.717) is 0 Å². The molecule has 5 rings (SSSR count). The van der Waals surface area contributed by atoms with Gasteiger partial charge in [0.2, 0.25) is 0 Å². The van der Waals surface area contributed by atoms with Crippen molar-refractivity contribution in [3.05, 3.63) is 89.5 Å². The highest BCUT2D eigenvalue weighted by Gasteiger charge is 2.24. The predicted molar refractivity (Wildman–Crippen MR) is 116 cm³/mol. The van der Waals surface area contributed by atoms with E-state index in [2.05, 4.69) is 90.6 Å². The third-order valence-electron chi connectivity index (χ3n) is 5.72. The van der Waals surface area contributed by atoms with E-state index >= 15 is 0 Å². The number of rotatable bonds is 3. The van der Waals surface area contributed by atoms with Crippen LogP contribution in [0.4, 0.5) is 5.82 Å². The fourth-order valence-electron chi connectivity index (χ4n) is 4.00. The van der Waals surface area contributed by atoms with Gasteiger partial charge in [-0.2, -0.15) is 5.10 Å². The summed E-state index contributed by atoms with van der Waals surface area (Å²) in [5.41, 5.74) is 9.74. The lowest BCUT2D eigenvalue weighted by Gasteiger charge is -2.11. The normalized spacial score (nSPS) is 12.6. The van der Waals surface area contributed by atoms with Gasteiger partial charge in [-0.1, -0.05) is 66.7 Å². The maximum Gasteiger partial charge on any atom is 0.133 e. The van der Waals surface area contributed by atoms with Crippen molar-refractivity contribution in [2.75, 3.05) is 11.9 Å². The maximum absolute atomic E-state index is 5.03. The summed E-state index contributed by atoms with van der Waals surface area (Å²) in [7, 11) is 0. The Bertz CT molecular complexity index is 1140. The molecule has 0 atom stereocenters. The van der Waals surface area contributed by atoms with Gasteiger partial charge in [0.1, 0.15) is 5.82 Å². The smallest absolute Gasteiger partial charge is 0.133 e. The lowest BCUT2D eigenvalue weighted by Crippen LogP contribution is -2.06. The van der Waals surface area contributed by atoms with Crippen molar-refractivity contribution < 1.29 is 0 Å². The van der Waals surface area contributed by atoms with Crippen LogP contribution < -0.4 is 5.32 Å². The zero-order valence-electron chi connectivity index (χ0n) is 16.2. The van der Waals surface area contributed by atoms with Gasteiger partial charge < -0.3 is 5.32 Å². The van der Waals surface area contributed by atoms with Crippen LogP contribution in [0.5, 0.6) is 0 Å². The van der Waals surface area contributed by atoms with Crippen LogP contribution in [0.25, 0.3) is 28.1 Å². The zero-order valence-corrected chi connectivity index (χ0v) is 16.2. The van der Waals surface area contributed by atoms with Gasteiger partial charge in [-0.3, -0.25) is 0 Å². The second-order valence-electron chi connectivity index (χ2n) is 7.43. The number of hydrogen-bond acceptors (Lipinski definition) is 2. The minimum atomic E-state index is 0.965. The van der Waals surface area contributed by atoms with Crippen LogP contribution in [-0.2, 0) is 6.42 Å². The van der Waals surface area contributed by atoms with Gasteiger partial charge in [-0.15, -0.1) is 0 Å². The molecule has 1 aromatic heterocycles. The summed E-state index contributed by atoms with van der Waals surface area (Å²) in [6, 6.07) is 25.7. The minimum Gasteiger partial charge on any atom is -0.369 e. The van der Waals surface area contributed by atoms with Crippen molar-refractivity contribution in [3.8, 4) is 28.1 Å². The van der Waals surface area contributed by atoms with Crippen LogP contribution in [0.2, 0.25) is 0 Å². The molecule has 0 unspecified atom stereocenters. The van der Waals surface area contributed by atoms with Crippen LogP contribution in [0.1, 0.15) is 16.7 Å². The fraction of sp³-hybridized carbons (Fsp3) is 0.160. The number of aryl methyl sites for hydroxylation is 1. The highest BCUT2D eigenvalue weighted by Crippen LogP contribution is 2.36. The second-order valence-corrected chi connectivity index (χ2v) is 7.43. The van der Waals surface area contributed by atoms with Gasteiger partial charge in [-0.25, -0.2) is 4.68 Å². The van der Waals surface area contributed by atoms with Crippen LogP contribution in [-0.4, -0.2) is 16.3 Å². The summed E-state index contributed by atoms with van der Waals surface area (Å²) in [6.07, 6.45) is 1.01. The molecule has 138 valence electrons. The predicted octanol–water partition coefficient (Wildman–Crippen LogP) is 5.79. The molecule has 0 amide bonds. The van der Waals surface area contributed by atoms with Crippen molar-refractivity contribution >= 4 is 5.82 Å². The number of benzene rings is 3. The van der Waals surface area contributed by atoms with E-state index in [9.17, 15) is 0 Å². The van der Waals surface area contributed by atoms with Gasteiger partial charge >= 0.3 is 0 Å². The van der Waals surface area contributed by atoms with Crippen molar-refractivity contribution in [3.63, 3.8) is 0 Å². The Morgan fingerprint density at radius 3 is 2.29 bits per heavy atom. The first-order valence-corrected chi connectivity index (χ1v) is 9.80. The van der Waals surface area contributed by atoms with E-state index in [1.807, 2.05) is 6.07 Å². The van der Waals surface area contributed by atoms with Crippen molar-refractivity contribution in [1.82, 2.24) is 9.78 Å². The quantitative estimate of drug-likeness (QED) is 0.498. The van der Waals surface area contributed by atoms with Gasteiger partial charge in [-0.05, 0) is 48.6 Å². The van der Waals surface area contributed by atoms with Crippen molar-refractivity contribution in [2.24, 2.45) is 0 Å². The zero-order chi connectivity index (χ0) is 19.1. The number of nitrogens with one attached hydrogen (secondary N) is 1. The molecule has 0 radical (unpaired) electrons. The average molecular weight is 365 g/mol. The molecule has 2 heterocycles. The molecule has 0 aliphatic carbocycles.